The zero-order valence-corrected chi connectivity index (χ0v) is 8.45. The van der Waals surface area contributed by atoms with Gasteiger partial charge in [-0.25, -0.2) is 4.79 Å². The Morgan fingerprint density at radius 1 is 1.75 bits per heavy atom. The normalized spacial score (nSPS) is 18.6. The van der Waals surface area contributed by atoms with E-state index in [1.165, 1.54) is 0 Å². The third-order valence-electron chi connectivity index (χ3n) is 1.15. The van der Waals surface area contributed by atoms with Crippen LogP contribution in [0.2, 0.25) is 0 Å². The van der Waals surface area contributed by atoms with E-state index in [9.17, 15) is 4.79 Å². The van der Waals surface area contributed by atoms with E-state index in [0.717, 1.165) is 0 Å². The van der Waals surface area contributed by atoms with Crippen LogP contribution in [0.1, 0.15) is 6.92 Å². The van der Waals surface area contributed by atoms with Crippen molar-refractivity contribution in [2.24, 2.45) is 0 Å². The van der Waals surface area contributed by atoms with E-state index in [1.807, 2.05) is 0 Å². The van der Waals surface area contributed by atoms with E-state index in [4.69, 9.17) is 13.9 Å². The summed E-state index contributed by atoms with van der Waals surface area (Å²) in [5.74, 6) is -0.337. The molecule has 1 aliphatic rings. The number of ether oxygens (including phenoxy) is 2. The van der Waals surface area contributed by atoms with Crippen molar-refractivity contribution in [2.75, 3.05) is 13.2 Å². The molecule has 0 N–H and O–H groups in total. The first-order valence-corrected chi connectivity index (χ1v) is 4.01. The quantitative estimate of drug-likeness (QED) is 0.258. The Labute approximate surface area is 74.0 Å². The van der Waals surface area contributed by atoms with Gasteiger partial charge in [0.25, 0.3) is 0 Å². The number of hydrogen-bond acceptors (Lipinski definition) is 4. The van der Waals surface area contributed by atoms with Crippen LogP contribution in [-0.4, -0.2) is 35.4 Å². The average Bonchev–Trinajstić information content (AvgIpc) is 2.87. The van der Waals surface area contributed by atoms with Crippen LogP contribution in [0.5, 0.6) is 0 Å². The Kier molecular flexibility index (Phi) is 5.40. The van der Waals surface area contributed by atoms with Crippen molar-refractivity contribution in [2.45, 2.75) is 13.0 Å². The second-order valence-corrected chi connectivity index (χ2v) is 2.33. The third kappa shape index (κ3) is 4.92. The minimum Gasteiger partial charge on any atom is -0.459 e. The van der Waals surface area contributed by atoms with Crippen LogP contribution in [-0.2, 0) is 18.7 Å². The molecule has 1 heterocycles. The van der Waals surface area contributed by atoms with Crippen molar-refractivity contribution in [3.05, 3.63) is 12.2 Å². The molecule has 4 nitrogen and oxygen atoms in total. The number of carbonyl (C=O) groups excluding carboxylic acids is 1. The lowest BCUT2D eigenvalue weighted by Crippen LogP contribution is -2.09. The predicted molar refractivity (Wildman–Crippen MR) is 44.7 cm³/mol. The molecule has 0 aromatic carbocycles. The van der Waals surface area contributed by atoms with Gasteiger partial charge < -0.3 is 13.9 Å². The van der Waals surface area contributed by atoms with E-state index in [-0.39, 0.29) is 12.1 Å². The molecule has 0 aromatic rings. The van der Waals surface area contributed by atoms with Crippen molar-refractivity contribution in [1.29, 1.82) is 0 Å². The maximum atomic E-state index is 10.7. The number of esters is 1. The van der Waals surface area contributed by atoms with Crippen LogP contribution in [0.3, 0.4) is 0 Å². The molecule has 1 saturated heterocycles. The number of carbonyl (C=O) groups is 1. The van der Waals surface area contributed by atoms with Crippen LogP contribution < -0.4 is 0 Å². The molecular weight excluding hydrogens is 176 g/mol. The van der Waals surface area contributed by atoms with Gasteiger partial charge in [0.15, 0.2) is 0 Å². The van der Waals surface area contributed by atoms with Crippen molar-refractivity contribution in [3.63, 3.8) is 0 Å². The molecule has 12 heavy (non-hydrogen) atoms. The fourth-order valence-electron chi connectivity index (χ4n) is 0.456. The molecule has 0 aliphatic carbocycles. The van der Waals surface area contributed by atoms with Crippen molar-refractivity contribution in [3.8, 4) is 0 Å². The molecule has 1 atom stereocenters. The van der Waals surface area contributed by atoms with Crippen LogP contribution in [0, 0.1) is 0 Å². The zero-order valence-electron chi connectivity index (χ0n) is 7.04. The Morgan fingerprint density at radius 2 is 2.25 bits per heavy atom. The zero-order chi connectivity index (χ0) is 9.56. The molecule has 0 radical (unpaired) electrons. The first kappa shape index (κ1) is 11.2. The van der Waals surface area contributed by atoms with Gasteiger partial charge in [-0.2, -0.15) is 0 Å². The second kappa shape index (κ2) is 5.79. The highest BCUT2D eigenvalue weighted by Crippen LogP contribution is 2.09. The Balaban J connectivity index is 0.000000561. The lowest BCUT2D eigenvalue weighted by Gasteiger charge is -1.99. The van der Waals surface area contributed by atoms with Gasteiger partial charge in [0, 0.05) is 5.57 Å². The Morgan fingerprint density at radius 3 is 2.58 bits per heavy atom. The fraction of sp³-hybridized carbons (Fsp3) is 0.571. The van der Waals surface area contributed by atoms with Gasteiger partial charge in [-0.05, 0) is 6.92 Å². The average molecular weight is 188 g/mol. The van der Waals surface area contributed by atoms with Crippen molar-refractivity contribution >= 4 is 16.1 Å². The highest BCUT2D eigenvalue weighted by Gasteiger charge is 2.24. The molecular formula is C7H12O4Si. The highest BCUT2D eigenvalue weighted by molar-refractivity contribution is 5.86. The Hall–Kier alpha value is -0.813. The summed E-state index contributed by atoms with van der Waals surface area (Å²) < 4.78 is 17.9. The van der Waals surface area contributed by atoms with E-state index < -0.39 is 0 Å². The summed E-state index contributed by atoms with van der Waals surface area (Å²) in [4.78, 5) is 10.7. The molecule has 1 unspecified atom stereocenters. The minimum atomic E-state index is -0.337. The van der Waals surface area contributed by atoms with Gasteiger partial charge in [0.2, 0.25) is 10.1 Å². The fourth-order valence-corrected chi connectivity index (χ4v) is 0.456. The highest BCUT2D eigenvalue weighted by atomic mass is 28.1. The van der Waals surface area contributed by atoms with Gasteiger partial charge >= 0.3 is 5.97 Å². The monoisotopic (exact) mass is 188 g/mol. The molecule has 0 amide bonds. The molecule has 1 fully saturated rings. The number of rotatable bonds is 3. The topological polar surface area (TPSA) is 55.9 Å². The maximum absolute atomic E-state index is 10.7. The second-order valence-electron chi connectivity index (χ2n) is 2.33. The number of epoxide rings is 1. The van der Waals surface area contributed by atoms with Gasteiger partial charge in [-0.15, -0.1) is 0 Å². The summed E-state index contributed by atoms with van der Waals surface area (Å²) in [6.45, 7) is 6.14. The predicted octanol–water partition coefficient (Wildman–Crippen LogP) is -0.531. The Bertz CT molecular complexity index is 176. The molecule has 0 saturated carbocycles. The van der Waals surface area contributed by atoms with Crippen LogP contribution in [0.15, 0.2) is 12.2 Å². The van der Waals surface area contributed by atoms with Crippen LogP contribution >= 0.6 is 0 Å². The standard InChI is InChI=1S/C7H10O3.H2OSi/c1-5(2)7(8)10-4-6-3-9-6;1-2/h6H,1,3-4H2,2H3;2H2. The van der Waals surface area contributed by atoms with Crippen molar-refractivity contribution < 1.29 is 18.7 Å². The first-order valence-electron chi connectivity index (χ1n) is 3.43. The summed E-state index contributed by atoms with van der Waals surface area (Å²) in [6, 6.07) is 0. The summed E-state index contributed by atoms with van der Waals surface area (Å²) in [5, 5.41) is 0. The van der Waals surface area contributed by atoms with E-state index in [0.29, 0.717) is 28.9 Å². The summed E-state index contributed by atoms with van der Waals surface area (Å²) >= 11 is 0. The molecule has 1 aliphatic heterocycles. The molecule has 0 spiro atoms. The van der Waals surface area contributed by atoms with E-state index in [1.54, 1.807) is 6.92 Å². The van der Waals surface area contributed by atoms with Gasteiger partial charge in [-0.3, -0.25) is 0 Å². The maximum Gasteiger partial charge on any atom is 0.333 e. The summed E-state index contributed by atoms with van der Waals surface area (Å²) in [7, 11) is 0.611. The minimum absolute atomic E-state index is 0.142. The lowest BCUT2D eigenvalue weighted by molar-refractivity contribution is -0.139. The smallest absolute Gasteiger partial charge is 0.333 e. The molecule has 0 bridgehead atoms. The largest absolute Gasteiger partial charge is 0.459 e. The molecule has 1 rings (SSSR count). The summed E-state index contributed by atoms with van der Waals surface area (Å²) in [5.41, 5.74) is 0.431. The van der Waals surface area contributed by atoms with Gasteiger partial charge in [-0.1, -0.05) is 6.58 Å². The molecule has 5 heteroatoms. The van der Waals surface area contributed by atoms with Crippen molar-refractivity contribution in [1.82, 2.24) is 0 Å². The SMILES string of the molecule is C=C(C)C(=O)OCC1CO1.O=[SiH2]. The van der Waals surface area contributed by atoms with Crippen LogP contribution in [0.25, 0.3) is 0 Å². The molecule has 0 aromatic heterocycles. The molecule has 68 valence electrons. The lowest BCUT2D eigenvalue weighted by atomic mass is 10.4. The van der Waals surface area contributed by atoms with Crippen LogP contribution in [0.4, 0.5) is 0 Å². The van der Waals surface area contributed by atoms with Gasteiger partial charge in [0.05, 0.1) is 6.61 Å². The summed E-state index contributed by atoms with van der Waals surface area (Å²) in [6.07, 6.45) is 0.142. The van der Waals surface area contributed by atoms with E-state index in [2.05, 4.69) is 6.58 Å². The van der Waals surface area contributed by atoms with E-state index >= 15 is 0 Å². The third-order valence-corrected chi connectivity index (χ3v) is 1.15. The first-order chi connectivity index (χ1) is 5.70. The van der Waals surface area contributed by atoms with Gasteiger partial charge in [0.1, 0.15) is 12.7 Å². The number of hydrogen-bond donors (Lipinski definition) is 0.